The van der Waals surface area contributed by atoms with E-state index in [1.54, 1.807) is 16.8 Å². The summed E-state index contributed by atoms with van der Waals surface area (Å²) in [6, 6.07) is 0. The molecule has 0 spiro atoms. The van der Waals surface area contributed by atoms with Crippen LogP contribution in [0.15, 0.2) is 0 Å². The molecule has 2 aliphatic rings. The first kappa shape index (κ1) is 19.2. The van der Waals surface area contributed by atoms with E-state index in [-0.39, 0.29) is 36.2 Å². The molecule has 2 atom stereocenters. The highest BCUT2D eigenvalue weighted by atomic mass is 35.5. The van der Waals surface area contributed by atoms with Crippen molar-refractivity contribution in [1.82, 2.24) is 15.1 Å². The zero-order chi connectivity index (χ0) is 15.5. The van der Waals surface area contributed by atoms with Crippen molar-refractivity contribution in [3.63, 3.8) is 0 Å². The molecule has 128 valence electrons. The third-order valence-electron chi connectivity index (χ3n) is 5.30. The zero-order valence-corrected chi connectivity index (χ0v) is 14.9. The van der Waals surface area contributed by atoms with E-state index in [1.165, 1.54) is 6.42 Å². The summed E-state index contributed by atoms with van der Waals surface area (Å²) in [7, 11) is 1.78. The number of nitrogens with one attached hydrogen (secondary N) is 1. The molecule has 1 saturated heterocycles. The summed E-state index contributed by atoms with van der Waals surface area (Å²) >= 11 is 0. The van der Waals surface area contributed by atoms with E-state index in [0.717, 1.165) is 32.4 Å². The van der Waals surface area contributed by atoms with Crippen molar-refractivity contribution in [2.24, 2.45) is 11.3 Å². The first-order chi connectivity index (χ1) is 10.0. The summed E-state index contributed by atoms with van der Waals surface area (Å²) in [6.07, 6.45) is 4.45. The van der Waals surface area contributed by atoms with E-state index >= 15 is 0 Å². The predicted octanol–water partition coefficient (Wildman–Crippen LogP) is 1.51. The number of carbonyl (C=O) groups is 2. The Labute approximate surface area is 140 Å². The smallest absolute Gasteiger partial charge is 0.242 e. The van der Waals surface area contributed by atoms with Crippen molar-refractivity contribution >= 4 is 24.2 Å². The Bertz CT molecular complexity index is 401. The fourth-order valence-corrected chi connectivity index (χ4v) is 4.00. The molecule has 22 heavy (non-hydrogen) atoms. The quantitative estimate of drug-likeness (QED) is 0.831. The topological polar surface area (TPSA) is 52.7 Å². The van der Waals surface area contributed by atoms with Crippen molar-refractivity contribution in [2.75, 3.05) is 39.8 Å². The van der Waals surface area contributed by atoms with Gasteiger partial charge in [-0.25, -0.2) is 0 Å². The van der Waals surface area contributed by atoms with Crippen LogP contribution in [0.4, 0.5) is 0 Å². The van der Waals surface area contributed by atoms with Crippen molar-refractivity contribution in [3.05, 3.63) is 0 Å². The van der Waals surface area contributed by atoms with E-state index < -0.39 is 0 Å². The molecule has 1 saturated carbocycles. The number of halogens is 1. The molecular weight excluding hydrogens is 302 g/mol. The number of fused-ring (bicyclic) bond motifs is 1. The Morgan fingerprint density at radius 2 is 1.91 bits per heavy atom. The highest BCUT2D eigenvalue weighted by Crippen LogP contribution is 2.44. The van der Waals surface area contributed by atoms with Gasteiger partial charge < -0.3 is 15.1 Å². The van der Waals surface area contributed by atoms with E-state index in [9.17, 15) is 9.59 Å². The monoisotopic (exact) mass is 331 g/mol. The second-order valence-electron chi connectivity index (χ2n) is 6.46. The minimum absolute atomic E-state index is 0. The Morgan fingerprint density at radius 3 is 2.55 bits per heavy atom. The second kappa shape index (κ2) is 8.16. The first-order valence-electron chi connectivity index (χ1n) is 8.29. The van der Waals surface area contributed by atoms with Crippen LogP contribution in [0.3, 0.4) is 0 Å². The van der Waals surface area contributed by atoms with E-state index in [4.69, 9.17) is 0 Å². The molecule has 0 aromatic carbocycles. The van der Waals surface area contributed by atoms with E-state index in [0.29, 0.717) is 19.0 Å². The second-order valence-corrected chi connectivity index (χ2v) is 6.46. The van der Waals surface area contributed by atoms with Crippen LogP contribution in [0.5, 0.6) is 0 Å². The van der Waals surface area contributed by atoms with E-state index in [2.05, 4.69) is 5.32 Å². The van der Waals surface area contributed by atoms with Gasteiger partial charge in [0.25, 0.3) is 0 Å². The molecule has 1 aliphatic heterocycles. The largest absolute Gasteiger partial charge is 0.342 e. The van der Waals surface area contributed by atoms with Crippen molar-refractivity contribution < 1.29 is 9.59 Å². The average molecular weight is 332 g/mol. The van der Waals surface area contributed by atoms with Crippen LogP contribution < -0.4 is 5.32 Å². The van der Waals surface area contributed by atoms with Gasteiger partial charge in [-0.1, -0.05) is 12.8 Å². The molecule has 0 radical (unpaired) electrons. The zero-order valence-electron chi connectivity index (χ0n) is 14.1. The fraction of sp³-hybridized carbons (Fsp3) is 0.875. The molecule has 2 amide bonds. The van der Waals surface area contributed by atoms with E-state index in [1.807, 2.05) is 13.8 Å². The molecule has 2 fully saturated rings. The number of carbonyl (C=O) groups excluding carboxylic acids is 2. The Hall–Kier alpha value is -0.810. The molecule has 1 aliphatic carbocycles. The summed E-state index contributed by atoms with van der Waals surface area (Å²) in [5, 5.41) is 3.40. The summed E-state index contributed by atoms with van der Waals surface area (Å²) in [5.74, 6) is 0.660. The standard InChI is InChI=1S/C16H29N3O2.ClH/c1-4-19(5-2)14(20)11-18(3)15(21)16-9-7-6-8-13(16)10-17-12-16;/h13,17H,4-12H2,1-3H3;1H/t13-,16+;/m0./s1. The molecule has 5 nitrogen and oxygen atoms in total. The number of hydrogen-bond acceptors (Lipinski definition) is 3. The molecule has 1 heterocycles. The van der Waals surface area contributed by atoms with Crippen LogP contribution in [-0.2, 0) is 9.59 Å². The van der Waals surface area contributed by atoms with Gasteiger partial charge in [-0.3, -0.25) is 9.59 Å². The Morgan fingerprint density at radius 1 is 1.23 bits per heavy atom. The normalized spacial score (nSPS) is 26.8. The van der Waals surface area contributed by atoms with Gasteiger partial charge in [0.15, 0.2) is 0 Å². The van der Waals surface area contributed by atoms with Crippen molar-refractivity contribution in [3.8, 4) is 0 Å². The molecule has 0 unspecified atom stereocenters. The van der Waals surface area contributed by atoms with Gasteiger partial charge in [0.1, 0.15) is 0 Å². The van der Waals surface area contributed by atoms with Crippen molar-refractivity contribution in [1.29, 1.82) is 0 Å². The van der Waals surface area contributed by atoms with Gasteiger partial charge in [0, 0.05) is 26.7 Å². The summed E-state index contributed by atoms with van der Waals surface area (Å²) in [4.78, 5) is 28.6. The maximum atomic E-state index is 13.0. The molecule has 0 aromatic rings. The van der Waals surface area contributed by atoms with Gasteiger partial charge in [-0.05, 0) is 39.2 Å². The summed E-state index contributed by atoms with van der Waals surface area (Å²) in [6.45, 7) is 7.28. The number of amides is 2. The van der Waals surface area contributed by atoms with Gasteiger partial charge in [-0.15, -0.1) is 12.4 Å². The highest BCUT2D eigenvalue weighted by Gasteiger charge is 2.51. The lowest BCUT2D eigenvalue weighted by Gasteiger charge is -2.40. The minimum atomic E-state index is -0.253. The number of likely N-dealkylation sites (N-methyl/N-ethyl adjacent to an activating group) is 2. The van der Waals surface area contributed by atoms with Gasteiger partial charge >= 0.3 is 0 Å². The summed E-state index contributed by atoms with van der Waals surface area (Å²) < 4.78 is 0. The Balaban J connectivity index is 0.00000242. The lowest BCUT2D eigenvalue weighted by atomic mass is 9.67. The molecule has 6 heteroatoms. The van der Waals surface area contributed by atoms with Gasteiger partial charge in [0.2, 0.25) is 11.8 Å². The maximum Gasteiger partial charge on any atom is 0.242 e. The molecular formula is C16H30ClN3O2. The minimum Gasteiger partial charge on any atom is -0.342 e. The highest BCUT2D eigenvalue weighted by molar-refractivity contribution is 5.88. The van der Waals surface area contributed by atoms with Crippen LogP contribution in [0.1, 0.15) is 39.5 Å². The third kappa shape index (κ3) is 3.57. The Kier molecular flexibility index (Phi) is 7.13. The SMILES string of the molecule is CCN(CC)C(=O)CN(C)C(=O)[C@@]12CCCC[C@H]1CNC2.Cl. The van der Waals surface area contributed by atoms with Crippen LogP contribution in [0.2, 0.25) is 0 Å². The van der Waals surface area contributed by atoms with Crippen LogP contribution >= 0.6 is 12.4 Å². The third-order valence-corrected chi connectivity index (χ3v) is 5.30. The molecule has 0 bridgehead atoms. The number of rotatable bonds is 5. The van der Waals surface area contributed by atoms with Crippen LogP contribution in [-0.4, -0.2) is 61.4 Å². The molecule has 0 aromatic heterocycles. The lowest BCUT2D eigenvalue weighted by Crippen LogP contribution is -2.51. The lowest BCUT2D eigenvalue weighted by molar-refractivity contribution is -0.148. The first-order valence-corrected chi connectivity index (χ1v) is 8.29. The van der Waals surface area contributed by atoms with Gasteiger partial charge in [-0.2, -0.15) is 0 Å². The average Bonchev–Trinajstić information content (AvgIpc) is 2.92. The summed E-state index contributed by atoms with van der Waals surface area (Å²) in [5.41, 5.74) is -0.253. The fourth-order valence-electron chi connectivity index (χ4n) is 4.00. The van der Waals surface area contributed by atoms with Crippen molar-refractivity contribution in [2.45, 2.75) is 39.5 Å². The molecule has 1 N–H and O–H groups in total. The molecule has 2 rings (SSSR count). The van der Waals surface area contributed by atoms with Gasteiger partial charge in [0.05, 0.1) is 12.0 Å². The maximum absolute atomic E-state index is 13.0. The van der Waals surface area contributed by atoms with Crippen LogP contribution in [0.25, 0.3) is 0 Å². The predicted molar refractivity (Wildman–Crippen MR) is 90.1 cm³/mol. The van der Waals surface area contributed by atoms with Crippen LogP contribution in [0, 0.1) is 11.3 Å². The number of hydrogen-bond donors (Lipinski definition) is 1. The number of nitrogens with zero attached hydrogens (tertiary/aromatic N) is 2.